The predicted molar refractivity (Wildman–Crippen MR) is 150 cm³/mol. The molecular weight excluding hydrogens is 500 g/mol. The molecule has 3 aromatic rings. The molecule has 0 fully saturated rings. The van der Waals surface area contributed by atoms with E-state index in [1.165, 1.54) is 17.3 Å². The molecule has 0 unspecified atom stereocenters. The van der Waals surface area contributed by atoms with Gasteiger partial charge in [0.2, 0.25) is 5.91 Å². The number of hydrogen-bond acceptors (Lipinski definition) is 7. The molecule has 1 N–H and O–H groups in total. The number of aryl methyl sites for hydroxylation is 1. The Morgan fingerprint density at radius 2 is 1.71 bits per heavy atom. The molecule has 0 bridgehead atoms. The van der Waals surface area contributed by atoms with Gasteiger partial charge in [-0.05, 0) is 18.1 Å². The first kappa shape index (κ1) is 25.5. The SMILES string of the molecule is COc1cc(NC(=O)C[C@@H]2SC(N3N=C(c4ccc(C)cc4)C[C@H]3c3ccccc3)=NC2=O)cc(OC)c1. The molecule has 2 amide bonds. The Hall–Kier alpha value is -4.11. The Kier molecular flexibility index (Phi) is 7.46. The zero-order chi connectivity index (χ0) is 26.6. The topological polar surface area (TPSA) is 92.6 Å². The normalized spacial score (nSPS) is 18.7. The zero-order valence-electron chi connectivity index (χ0n) is 21.4. The highest BCUT2D eigenvalue weighted by Crippen LogP contribution is 2.38. The van der Waals surface area contributed by atoms with Gasteiger partial charge in [0.15, 0.2) is 5.17 Å². The van der Waals surface area contributed by atoms with Crippen LogP contribution in [0, 0.1) is 6.92 Å². The largest absolute Gasteiger partial charge is 0.497 e. The first-order chi connectivity index (χ1) is 18.4. The number of nitrogens with one attached hydrogen (secondary N) is 1. The number of hydrogen-bond donors (Lipinski definition) is 1. The van der Waals surface area contributed by atoms with E-state index in [1.54, 1.807) is 32.4 Å². The number of amides is 2. The van der Waals surface area contributed by atoms with Crippen LogP contribution in [0.15, 0.2) is 82.9 Å². The summed E-state index contributed by atoms with van der Waals surface area (Å²) in [5.74, 6) is 0.473. The number of carbonyl (C=O) groups excluding carboxylic acids is 2. The standard InChI is InChI=1S/C29H28N4O4S/c1-18-9-11-19(12-10-18)24-16-25(20-7-5-4-6-8-20)33(32-24)29-31-28(35)26(38-29)17-27(34)30-21-13-22(36-2)15-23(14-21)37-3/h4-15,25-26H,16-17H2,1-3H3,(H,30,34)/t25-,26-/m0/s1. The second kappa shape index (κ2) is 11.1. The van der Waals surface area contributed by atoms with E-state index in [-0.39, 0.29) is 24.3 Å². The van der Waals surface area contributed by atoms with Crippen LogP contribution >= 0.6 is 11.8 Å². The number of ether oxygens (including phenoxy) is 2. The number of aliphatic imine (C=N–C) groups is 1. The molecule has 0 aromatic heterocycles. The van der Waals surface area contributed by atoms with Crippen LogP contribution in [0.1, 0.15) is 35.6 Å². The smallest absolute Gasteiger partial charge is 0.262 e. The third-order valence-corrected chi connectivity index (χ3v) is 7.55. The van der Waals surface area contributed by atoms with E-state index in [4.69, 9.17) is 14.6 Å². The number of carbonyl (C=O) groups is 2. The van der Waals surface area contributed by atoms with Crippen molar-refractivity contribution < 1.29 is 19.1 Å². The van der Waals surface area contributed by atoms with Crippen LogP contribution in [-0.2, 0) is 9.59 Å². The molecule has 38 heavy (non-hydrogen) atoms. The molecule has 8 nitrogen and oxygen atoms in total. The highest BCUT2D eigenvalue weighted by Gasteiger charge is 2.39. The molecule has 2 aliphatic rings. The van der Waals surface area contributed by atoms with Crippen molar-refractivity contribution in [2.45, 2.75) is 31.1 Å². The Labute approximate surface area is 225 Å². The van der Waals surface area contributed by atoms with Gasteiger partial charge in [0.25, 0.3) is 5.91 Å². The summed E-state index contributed by atoms with van der Waals surface area (Å²) < 4.78 is 10.5. The quantitative estimate of drug-likeness (QED) is 0.454. The van der Waals surface area contributed by atoms with Crippen LogP contribution in [0.3, 0.4) is 0 Å². The van der Waals surface area contributed by atoms with Crippen LogP contribution < -0.4 is 14.8 Å². The third kappa shape index (κ3) is 5.57. The molecule has 0 saturated carbocycles. The van der Waals surface area contributed by atoms with Crippen molar-refractivity contribution in [1.82, 2.24) is 5.01 Å². The van der Waals surface area contributed by atoms with Gasteiger partial charge in [-0.15, -0.1) is 0 Å². The first-order valence-electron chi connectivity index (χ1n) is 12.2. The van der Waals surface area contributed by atoms with Crippen molar-refractivity contribution in [2.24, 2.45) is 10.1 Å². The molecule has 0 saturated heterocycles. The number of anilines is 1. The fourth-order valence-corrected chi connectivity index (χ4v) is 5.47. The molecule has 5 rings (SSSR count). The van der Waals surface area contributed by atoms with E-state index in [9.17, 15) is 9.59 Å². The lowest BCUT2D eigenvalue weighted by Crippen LogP contribution is -2.25. The maximum atomic E-state index is 12.9. The molecule has 2 heterocycles. The van der Waals surface area contributed by atoms with Crippen LogP contribution in [0.4, 0.5) is 5.69 Å². The maximum absolute atomic E-state index is 12.9. The monoisotopic (exact) mass is 528 g/mol. The van der Waals surface area contributed by atoms with Crippen molar-refractivity contribution in [1.29, 1.82) is 0 Å². The van der Waals surface area contributed by atoms with Crippen molar-refractivity contribution in [3.8, 4) is 11.5 Å². The molecule has 0 radical (unpaired) electrons. The summed E-state index contributed by atoms with van der Waals surface area (Å²) in [5.41, 5.74) is 4.76. The number of hydrazone groups is 1. The molecule has 9 heteroatoms. The van der Waals surface area contributed by atoms with Gasteiger partial charge in [0.05, 0.1) is 26.0 Å². The Morgan fingerprint density at radius 3 is 2.37 bits per heavy atom. The molecule has 2 aliphatic heterocycles. The van der Waals surface area contributed by atoms with Crippen molar-refractivity contribution in [2.75, 3.05) is 19.5 Å². The summed E-state index contributed by atoms with van der Waals surface area (Å²) in [7, 11) is 3.09. The van der Waals surface area contributed by atoms with Gasteiger partial charge in [0.1, 0.15) is 16.7 Å². The fourth-order valence-electron chi connectivity index (χ4n) is 4.41. The second-order valence-corrected chi connectivity index (χ2v) is 10.3. The van der Waals surface area contributed by atoms with Crippen LogP contribution in [0.25, 0.3) is 0 Å². The van der Waals surface area contributed by atoms with Gasteiger partial charge in [-0.1, -0.05) is 71.9 Å². The summed E-state index contributed by atoms with van der Waals surface area (Å²) in [6.07, 6.45) is 0.665. The summed E-state index contributed by atoms with van der Waals surface area (Å²) in [6, 6.07) is 23.4. The molecule has 3 aromatic carbocycles. The predicted octanol–water partition coefficient (Wildman–Crippen LogP) is 5.19. The zero-order valence-corrected chi connectivity index (χ0v) is 22.2. The van der Waals surface area contributed by atoms with E-state index in [1.807, 2.05) is 23.2 Å². The minimum atomic E-state index is -0.632. The highest BCUT2D eigenvalue weighted by atomic mass is 32.2. The van der Waals surface area contributed by atoms with E-state index < -0.39 is 5.25 Å². The van der Waals surface area contributed by atoms with E-state index in [0.29, 0.717) is 28.8 Å². The van der Waals surface area contributed by atoms with Gasteiger partial charge in [-0.2, -0.15) is 10.1 Å². The van der Waals surface area contributed by atoms with Crippen LogP contribution in [0.5, 0.6) is 11.5 Å². The number of benzene rings is 3. The Bertz CT molecular complexity index is 1380. The van der Waals surface area contributed by atoms with Crippen LogP contribution in [-0.4, -0.2) is 47.2 Å². The van der Waals surface area contributed by atoms with Gasteiger partial charge >= 0.3 is 0 Å². The van der Waals surface area contributed by atoms with Gasteiger partial charge < -0.3 is 14.8 Å². The Balaban J connectivity index is 1.32. The molecule has 0 spiro atoms. The van der Waals surface area contributed by atoms with Crippen molar-refractivity contribution >= 4 is 40.1 Å². The van der Waals surface area contributed by atoms with Crippen molar-refractivity contribution in [3.63, 3.8) is 0 Å². The van der Waals surface area contributed by atoms with Gasteiger partial charge in [-0.3, -0.25) is 9.59 Å². The van der Waals surface area contributed by atoms with Crippen LogP contribution in [0.2, 0.25) is 0 Å². The van der Waals surface area contributed by atoms with E-state index in [2.05, 4.69) is 53.6 Å². The summed E-state index contributed by atoms with van der Waals surface area (Å²) in [5, 5.41) is 9.44. The number of methoxy groups -OCH3 is 2. The summed E-state index contributed by atoms with van der Waals surface area (Å²) >= 11 is 1.28. The number of nitrogens with zero attached hydrogens (tertiary/aromatic N) is 3. The number of amidine groups is 1. The molecule has 194 valence electrons. The Morgan fingerprint density at radius 1 is 1.03 bits per heavy atom. The minimum absolute atomic E-state index is 0.0194. The highest BCUT2D eigenvalue weighted by molar-refractivity contribution is 8.15. The molecule has 2 atom stereocenters. The van der Waals surface area contributed by atoms with Crippen molar-refractivity contribution in [3.05, 3.63) is 89.5 Å². The van der Waals surface area contributed by atoms with Gasteiger partial charge in [-0.25, -0.2) is 5.01 Å². The maximum Gasteiger partial charge on any atom is 0.262 e. The lowest BCUT2D eigenvalue weighted by molar-refractivity contribution is -0.121. The second-order valence-electron chi connectivity index (χ2n) is 9.08. The minimum Gasteiger partial charge on any atom is -0.497 e. The lowest BCUT2D eigenvalue weighted by Gasteiger charge is -2.23. The molecule has 0 aliphatic carbocycles. The average molecular weight is 529 g/mol. The fraction of sp³-hybridized carbons (Fsp3) is 0.241. The number of rotatable bonds is 7. The number of thioether (sulfide) groups is 1. The van der Waals surface area contributed by atoms with E-state index >= 15 is 0 Å². The van der Waals surface area contributed by atoms with Gasteiger partial charge in [0, 0.05) is 36.7 Å². The average Bonchev–Trinajstić information content (AvgIpc) is 3.53. The lowest BCUT2D eigenvalue weighted by atomic mass is 9.98. The summed E-state index contributed by atoms with van der Waals surface area (Å²) in [4.78, 5) is 30.0. The first-order valence-corrected chi connectivity index (χ1v) is 13.1. The molecular formula is C29H28N4O4S. The summed E-state index contributed by atoms with van der Waals surface area (Å²) in [6.45, 7) is 2.05. The van der Waals surface area contributed by atoms with E-state index in [0.717, 1.165) is 16.8 Å². The third-order valence-electron chi connectivity index (χ3n) is 6.41.